The van der Waals surface area contributed by atoms with Crippen molar-refractivity contribution in [2.45, 2.75) is 13.2 Å². The lowest BCUT2D eigenvalue weighted by molar-refractivity contribution is 0.0946. The van der Waals surface area contributed by atoms with E-state index in [1.807, 2.05) is 42.5 Å². The summed E-state index contributed by atoms with van der Waals surface area (Å²) in [6.45, 7) is 0.764. The molecule has 0 radical (unpaired) electrons. The molecule has 5 heteroatoms. The van der Waals surface area contributed by atoms with Gasteiger partial charge in [-0.25, -0.2) is 0 Å². The van der Waals surface area contributed by atoms with E-state index in [-0.39, 0.29) is 5.91 Å². The minimum absolute atomic E-state index is 0.245. The van der Waals surface area contributed by atoms with Crippen LogP contribution in [0.3, 0.4) is 0 Å². The van der Waals surface area contributed by atoms with Gasteiger partial charge in [0.25, 0.3) is 5.91 Å². The number of rotatable bonds is 6. The predicted molar refractivity (Wildman–Crippen MR) is 105 cm³/mol. The molecular weight excluding hydrogens is 369 g/mol. The third-order valence-corrected chi connectivity index (χ3v) is 4.28. The minimum atomic E-state index is -0.245. The van der Waals surface area contributed by atoms with Crippen LogP contribution in [0.1, 0.15) is 21.5 Å². The van der Waals surface area contributed by atoms with Crippen molar-refractivity contribution in [2.75, 3.05) is 0 Å². The Morgan fingerprint density at radius 1 is 0.846 bits per heavy atom. The number of benzene rings is 3. The molecule has 26 heavy (non-hydrogen) atoms. The fourth-order valence-corrected chi connectivity index (χ4v) is 2.72. The van der Waals surface area contributed by atoms with E-state index in [1.54, 1.807) is 30.3 Å². The molecule has 3 aromatic carbocycles. The van der Waals surface area contributed by atoms with Crippen LogP contribution < -0.4 is 10.1 Å². The van der Waals surface area contributed by atoms with Gasteiger partial charge >= 0.3 is 0 Å². The van der Waals surface area contributed by atoms with Gasteiger partial charge in [-0.2, -0.15) is 0 Å². The highest BCUT2D eigenvalue weighted by Crippen LogP contribution is 2.24. The van der Waals surface area contributed by atoms with E-state index in [0.29, 0.717) is 34.5 Å². The van der Waals surface area contributed by atoms with E-state index in [2.05, 4.69) is 5.32 Å². The third kappa shape index (κ3) is 5.01. The first-order valence-electron chi connectivity index (χ1n) is 8.11. The number of amides is 1. The van der Waals surface area contributed by atoms with Crippen LogP contribution in [0.25, 0.3) is 0 Å². The summed E-state index contributed by atoms with van der Waals surface area (Å²) in [4.78, 5) is 12.6. The summed E-state index contributed by atoms with van der Waals surface area (Å²) < 4.78 is 5.83. The van der Waals surface area contributed by atoms with Gasteiger partial charge in [0, 0.05) is 16.6 Å². The summed E-state index contributed by atoms with van der Waals surface area (Å²) in [6, 6.07) is 22.1. The Labute approximate surface area is 162 Å². The SMILES string of the molecule is O=C(NCc1ccc(Cl)cc1)c1cc(Cl)ccc1OCc1ccccc1. The second-order valence-corrected chi connectivity index (χ2v) is 6.60. The van der Waals surface area contributed by atoms with Gasteiger partial charge in [0.05, 0.1) is 5.56 Å². The number of hydrogen-bond donors (Lipinski definition) is 1. The molecule has 0 heterocycles. The van der Waals surface area contributed by atoms with Crippen LogP contribution in [0.4, 0.5) is 0 Å². The Hall–Kier alpha value is -2.49. The predicted octanol–water partition coefficient (Wildman–Crippen LogP) is 5.50. The van der Waals surface area contributed by atoms with Gasteiger partial charge in [0.2, 0.25) is 0 Å². The molecule has 0 aliphatic rings. The molecule has 0 aliphatic carbocycles. The number of halogens is 2. The monoisotopic (exact) mass is 385 g/mol. The zero-order valence-corrected chi connectivity index (χ0v) is 15.4. The van der Waals surface area contributed by atoms with Crippen LogP contribution in [0.5, 0.6) is 5.75 Å². The van der Waals surface area contributed by atoms with Crippen LogP contribution in [0.15, 0.2) is 72.8 Å². The van der Waals surface area contributed by atoms with Gasteiger partial charge in [-0.3, -0.25) is 4.79 Å². The first kappa shape index (κ1) is 18.3. The Bertz CT molecular complexity index is 880. The van der Waals surface area contributed by atoms with E-state index in [9.17, 15) is 4.79 Å². The van der Waals surface area contributed by atoms with E-state index < -0.39 is 0 Å². The second kappa shape index (κ2) is 8.75. The first-order valence-corrected chi connectivity index (χ1v) is 8.86. The zero-order valence-electron chi connectivity index (χ0n) is 13.9. The summed E-state index contributed by atoms with van der Waals surface area (Å²) in [5, 5.41) is 4.02. The largest absolute Gasteiger partial charge is 0.488 e. The van der Waals surface area contributed by atoms with E-state index in [4.69, 9.17) is 27.9 Å². The average Bonchev–Trinajstić information content (AvgIpc) is 2.67. The van der Waals surface area contributed by atoms with Crippen LogP contribution in [-0.2, 0) is 13.2 Å². The maximum absolute atomic E-state index is 12.6. The molecule has 0 bridgehead atoms. The van der Waals surface area contributed by atoms with Crippen molar-refractivity contribution in [3.8, 4) is 5.75 Å². The molecule has 1 N–H and O–H groups in total. The van der Waals surface area contributed by atoms with Crippen molar-refractivity contribution in [1.82, 2.24) is 5.32 Å². The fraction of sp³-hybridized carbons (Fsp3) is 0.0952. The summed E-state index contributed by atoms with van der Waals surface area (Å²) >= 11 is 11.9. The Balaban J connectivity index is 1.70. The maximum atomic E-state index is 12.6. The van der Waals surface area contributed by atoms with Crippen molar-refractivity contribution < 1.29 is 9.53 Å². The van der Waals surface area contributed by atoms with E-state index in [0.717, 1.165) is 11.1 Å². The average molecular weight is 386 g/mol. The lowest BCUT2D eigenvalue weighted by Gasteiger charge is -2.12. The third-order valence-electron chi connectivity index (χ3n) is 3.79. The summed E-state index contributed by atoms with van der Waals surface area (Å²) in [7, 11) is 0. The molecule has 0 aromatic heterocycles. The summed E-state index contributed by atoms with van der Waals surface area (Å²) in [5.41, 5.74) is 2.38. The normalized spacial score (nSPS) is 10.4. The Kier molecular flexibility index (Phi) is 6.16. The summed E-state index contributed by atoms with van der Waals surface area (Å²) in [6.07, 6.45) is 0. The zero-order chi connectivity index (χ0) is 18.4. The molecule has 1 amide bonds. The van der Waals surface area contributed by atoms with Crippen molar-refractivity contribution in [3.05, 3.63) is 99.5 Å². The van der Waals surface area contributed by atoms with Gasteiger partial charge in [-0.1, -0.05) is 65.7 Å². The lowest BCUT2D eigenvalue weighted by Crippen LogP contribution is -2.23. The Morgan fingerprint density at radius 3 is 2.27 bits per heavy atom. The first-order chi connectivity index (χ1) is 12.6. The number of carbonyl (C=O) groups excluding carboxylic acids is 1. The lowest BCUT2D eigenvalue weighted by atomic mass is 10.1. The van der Waals surface area contributed by atoms with Crippen LogP contribution in [0, 0.1) is 0 Å². The molecule has 0 fully saturated rings. The topological polar surface area (TPSA) is 38.3 Å². The van der Waals surface area contributed by atoms with E-state index >= 15 is 0 Å². The molecule has 0 saturated carbocycles. The standard InChI is InChI=1S/C21H17Cl2NO2/c22-17-8-6-15(7-9-17)13-24-21(25)19-12-18(23)10-11-20(19)26-14-16-4-2-1-3-5-16/h1-12H,13-14H2,(H,24,25). The second-order valence-electron chi connectivity index (χ2n) is 5.72. The van der Waals surface area contributed by atoms with Gasteiger partial charge in [0.15, 0.2) is 0 Å². The molecule has 0 atom stereocenters. The Morgan fingerprint density at radius 2 is 1.54 bits per heavy atom. The highest BCUT2D eigenvalue weighted by atomic mass is 35.5. The van der Waals surface area contributed by atoms with E-state index in [1.165, 1.54) is 0 Å². The molecule has 0 aliphatic heterocycles. The van der Waals surface area contributed by atoms with Crippen LogP contribution in [0.2, 0.25) is 10.0 Å². The highest BCUT2D eigenvalue weighted by Gasteiger charge is 2.13. The summed E-state index contributed by atoms with van der Waals surface area (Å²) in [5.74, 6) is 0.248. The smallest absolute Gasteiger partial charge is 0.255 e. The van der Waals surface area contributed by atoms with Crippen molar-refractivity contribution in [2.24, 2.45) is 0 Å². The minimum Gasteiger partial charge on any atom is -0.488 e. The maximum Gasteiger partial charge on any atom is 0.255 e. The van der Waals surface area contributed by atoms with Crippen molar-refractivity contribution in [3.63, 3.8) is 0 Å². The molecular formula is C21H17Cl2NO2. The van der Waals surface area contributed by atoms with Crippen LogP contribution in [-0.4, -0.2) is 5.91 Å². The van der Waals surface area contributed by atoms with Crippen molar-refractivity contribution in [1.29, 1.82) is 0 Å². The fourth-order valence-electron chi connectivity index (χ4n) is 2.42. The number of carbonyl (C=O) groups is 1. The molecule has 0 spiro atoms. The van der Waals surface area contributed by atoms with Gasteiger partial charge < -0.3 is 10.1 Å². The van der Waals surface area contributed by atoms with Gasteiger partial charge in [-0.15, -0.1) is 0 Å². The van der Waals surface area contributed by atoms with Gasteiger partial charge in [0.1, 0.15) is 12.4 Å². The van der Waals surface area contributed by atoms with Gasteiger partial charge in [-0.05, 0) is 41.5 Å². The number of ether oxygens (including phenoxy) is 1. The molecule has 0 saturated heterocycles. The number of hydrogen-bond acceptors (Lipinski definition) is 2. The van der Waals surface area contributed by atoms with Crippen molar-refractivity contribution >= 4 is 29.1 Å². The quantitative estimate of drug-likeness (QED) is 0.607. The van der Waals surface area contributed by atoms with Crippen LogP contribution >= 0.6 is 23.2 Å². The number of nitrogens with one attached hydrogen (secondary N) is 1. The molecule has 3 aromatic rings. The molecule has 3 nitrogen and oxygen atoms in total. The highest BCUT2D eigenvalue weighted by molar-refractivity contribution is 6.31. The molecule has 132 valence electrons. The molecule has 0 unspecified atom stereocenters. The molecule has 3 rings (SSSR count).